The quantitative estimate of drug-likeness (QED) is 0.857. The molecule has 1 aliphatic heterocycles. The first-order chi connectivity index (χ1) is 7.72. The molecule has 2 rings (SSSR count). The third kappa shape index (κ3) is 2.72. The van der Waals surface area contributed by atoms with Gasteiger partial charge in [0.2, 0.25) is 0 Å². The summed E-state index contributed by atoms with van der Waals surface area (Å²) in [6, 6.07) is 0. The van der Waals surface area contributed by atoms with E-state index in [1.807, 2.05) is 0 Å². The average molecular weight is 236 g/mol. The first-order valence-corrected chi connectivity index (χ1v) is 6.45. The molecule has 1 aromatic heterocycles. The Kier molecular flexibility index (Phi) is 3.43. The van der Waals surface area contributed by atoms with Crippen LogP contribution in [0.2, 0.25) is 0 Å². The van der Waals surface area contributed by atoms with E-state index in [9.17, 15) is 0 Å². The Hall–Kier alpha value is -1.10. The third-order valence-electron chi connectivity index (χ3n) is 2.82. The molecule has 1 atom stereocenters. The van der Waals surface area contributed by atoms with Crippen molar-refractivity contribution in [1.29, 1.82) is 0 Å². The standard InChI is InChI=1S/C11H16N4S/c1-3-11(2)4-5-16-10(15-11)14-9-6-12-8-13-7-9/h6-8H,3-5H2,1-2H3,(H,14,15). The number of hydrogen-bond donors (Lipinski definition) is 1. The van der Waals surface area contributed by atoms with Crippen molar-refractivity contribution in [3.05, 3.63) is 18.7 Å². The molecule has 0 radical (unpaired) electrons. The van der Waals surface area contributed by atoms with Gasteiger partial charge in [-0.25, -0.2) is 9.97 Å². The van der Waals surface area contributed by atoms with Gasteiger partial charge in [-0.1, -0.05) is 18.7 Å². The summed E-state index contributed by atoms with van der Waals surface area (Å²) >= 11 is 1.76. The van der Waals surface area contributed by atoms with E-state index in [2.05, 4.69) is 29.1 Å². The van der Waals surface area contributed by atoms with Gasteiger partial charge in [0.25, 0.3) is 0 Å². The van der Waals surface area contributed by atoms with E-state index >= 15 is 0 Å². The summed E-state index contributed by atoms with van der Waals surface area (Å²) < 4.78 is 0. The summed E-state index contributed by atoms with van der Waals surface area (Å²) in [6.07, 6.45) is 7.26. The van der Waals surface area contributed by atoms with Crippen LogP contribution in [-0.2, 0) is 0 Å². The lowest BCUT2D eigenvalue weighted by atomic mass is 9.97. The molecule has 1 N–H and O–H groups in total. The van der Waals surface area contributed by atoms with Gasteiger partial charge < -0.3 is 5.32 Å². The van der Waals surface area contributed by atoms with Crippen molar-refractivity contribution in [1.82, 2.24) is 9.97 Å². The fraction of sp³-hybridized carbons (Fsp3) is 0.545. The highest BCUT2D eigenvalue weighted by atomic mass is 32.2. The number of aliphatic imine (C=N–C) groups is 1. The molecule has 0 bridgehead atoms. The Morgan fingerprint density at radius 3 is 2.88 bits per heavy atom. The lowest BCUT2D eigenvalue weighted by Gasteiger charge is -2.29. The zero-order chi connectivity index (χ0) is 11.4. The van der Waals surface area contributed by atoms with Gasteiger partial charge in [-0.15, -0.1) is 0 Å². The van der Waals surface area contributed by atoms with E-state index in [1.165, 1.54) is 6.33 Å². The zero-order valence-corrected chi connectivity index (χ0v) is 10.4. The molecule has 4 nitrogen and oxygen atoms in total. The third-order valence-corrected chi connectivity index (χ3v) is 3.70. The Morgan fingerprint density at radius 1 is 1.44 bits per heavy atom. The number of aromatic nitrogens is 2. The molecule has 1 aromatic rings. The largest absolute Gasteiger partial charge is 0.332 e. The molecular formula is C11H16N4S. The minimum absolute atomic E-state index is 0.0865. The van der Waals surface area contributed by atoms with Crippen LogP contribution in [-0.4, -0.2) is 26.4 Å². The van der Waals surface area contributed by atoms with Crippen LogP contribution in [0.5, 0.6) is 0 Å². The number of nitrogens with one attached hydrogen (secondary N) is 1. The molecule has 0 aromatic carbocycles. The van der Waals surface area contributed by atoms with Crippen LogP contribution < -0.4 is 5.32 Å². The molecule has 5 heteroatoms. The van der Waals surface area contributed by atoms with Crippen molar-refractivity contribution in [3.63, 3.8) is 0 Å². The summed E-state index contributed by atoms with van der Waals surface area (Å²) in [6.45, 7) is 4.39. The number of amidine groups is 1. The van der Waals surface area contributed by atoms with Crippen LogP contribution in [0.15, 0.2) is 23.7 Å². The molecule has 1 aliphatic rings. The van der Waals surface area contributed by atoms with Gasteiger partial charge in [0.05, 0.1) is 23.6 Å². The van der Waals surface area contributed by atoms with Crippen LogP contribution in [0.4, 0.5) is 5.69 Å². The summed E-state index contributed by atoms with van der Waals surface area (Å²) in [5.41, 5.74) is 0.984. The average Bonchev–Trinajstić information content (AvgIpc) is 2.30. The molecule has 0 aliphatic carbocycles. The molecule has 1 unspecified atom stereocenters. The molecule has 0 amide bonds. The topological polar surface area (TPSA) is 50.2 Å². The Morgan fingerprint density at radius 2 is 2.19 bits per heavy atom. The zero-order valence-electron chi connectivity index (χ0n) is 9.60. The maximum absolute atomic E-state index is 4.74. The number of rotatable bonds is 2. The first kappa shape index (κ1) is 11.4. The Labute approximate surface area is 100.0 Å². The molecule has 0 saturated heterocycles. The fourth-order valence-electron chi connectivity index (χ4n) is 1.51. The van der Waals surface area contributed by atoms with Crippen molar-refractivity contribution in [2.24, 2.45) is 4.99 Å². The van der Waals surface area contributed by atoms with Crippen LogP contribution in [0, 0.1) is 0 Å². The van der Waals surface area contributed by atoms with E-state index in [-0.39, 0.29) is 5.54 Å². The maximum atomic E-state index is 4.74. The van der Waals surface area contributed by atoms with Crippen molar-refractivity contribution < 1.29 is 0 Å². The van der Waals surface area contributed by atoms with Crippen LogP contribution in [0.1, 0.15) is 26.7 Å². The fourth-order valence-corrected chi connectivity index (χ4v) is 2.72. The van der Waals surface area contributed by atoms with Crippen LogP contribution >= 0.6 is 11.8 Å². The summed E-state index contributed by atoms with van der Waals surface area (Å²) in [7, 11) is 0. The highest BCUT2D eigenvalue weighted by Crippen LogP contribution is 2.29. The lowest BCUT2D eigenvalue weighted by Crippen LogP contribution is -2.29. The minimum atomic E-state index is 0.0865. The monoisotopic (exact) mass is 236 g/mol. The second kappa shape index (κ2) is 4.82. The number of nitrogens with zero attached hydrogens (tertiary/aromatic N) is 3. The number of anilines is 1. The maximum Gasteiger partial charge on any atom is 0.161 e. The van der Waals surface area contributed by atoms with Gasteiger partial charge in [-0.2, -0.15) is 0 Å². The van der Waals surface area contributed by atoms with E-state index in [0.29, 0.717) is 0 Å². The normalized spacial score (nSPS) is 25.0. The molecule has 86 valence electrons. The first-order valence-electron chi connectivity index (χ1n) is 5.46. The predicted octanol–water partition coefficient (Wildman–Crippen LogP) is 2.55. The highest BCUT2D eigenvalue weighted by molar-refractivity contribution is 8.14. The lowest BCUT2D eigenvalue weighted by molar-refractivity contribution is 0.443. The van der Waals surface area contributed by atoms with E-state index in [0.717, 1.165) is 29.4 Å². The SMILES string of the molecule is CCC1(C)CCSC(Nc2cncnc2)=N1. The molecule has 2 heterocycles. The van der Waals surface area contributed by atoms with Crippen LogP contribution in [0.3, 0.4) is 0 Å². The van der Waals surface area contributed by atoms with Crippen molar-refractivity contribution in [3.8, 4) is 0 Å². The molecule has 0 spiro atoms. The van der Waals surface area contributed by atoms with Gasteiger partial charge in [0, 0.05) is 5.75 Å². The van der Waals surface area contributed by atoms with Gasteiger partial charge in [-0.3, -0.25) is 4.99 Å². The van der Waals surface area contributed by atoms with Crippen LogP contribution in [0.25, 0.3) is 0 Å². The Bertz CT molecular complexity index is 379. The second-order valence-corrected chi connectivity index (χ2v) is 5.20. The van der Waals surface area contributed by atoms with E-state index < -0.39 is 0 Å². The van der Waals surface area contributed by atoms with Gasteiger partial charge >= 0.3 is 0 Å². The number of thioether (sulfide) groups is 1. The predicted molar refractivity (Wildman–Crippen MR) is 68.9 cm³/mol. The van der Waals surface area contributed by atoms with E-state index in [4.69, 9.17) is 4.99 Å². The molecule has 0 fully saturated rings. The second-order valence-electron chi connectivity index (χ2n) is 4.12. The number of hydrogen-bond acceptors (Lipinski definition) is 5. The Balaban J connectivity index is 2.10. The molecule has 16 heavy (non-hydrogen) atoms. The molecule has 0 saturated carbocycles. The van der Waals surface area contributed by atoms with Crippen molar-refractivity contribution in [2.75, 3.05) is 11.1 Å². The van der Waals surface area contributed by atoms with Gasteiger partial charge in [-0.05, 0) is 19.8 Å². The van der Waals surface area contributed by atoms with Gasteiger partial charge in [0.1, 0.15) is 6.33 Å². The highest BCUT2D eigenvalue weighted by Gasteiger charge is 2.25. The summed E-state index contributed by atoms with van der Waals surface area (Å²) in [4.78, 5) is 12.7. The van der Waals surface area contributed by atoms with Crippen molar-refractivity contribution in [2.45, 2.75) is 32.2 Å². The minimum Gasteiger partial charge on any atom is -0.332 e. The van der Waals surface area contributed by atoms with E-state index in [1.54, 1.807) is 24.2 Å². The van der Waals surface area contributed by atoms with Gasteiger partial charge in [0.15, 0.2) is 5.17 Å². The van der Waals surface area contributed by atoms with Crippen molar-refractivity contribution >= 4 is 22.6 Å². The summed E-state index contributed by atoms with van der Waals surface area (Å²) in [5, 5.41) is 4.24. The molecular weight excluding hydrogens is 220 g/mol. The summed E-state index contributed by atoms with van der Waals surface area (Å²) in [5.74, 6) is 1.11. The smallest absolute Gasteiger partial charge is 0.161 e.